The summed E-state index contributed by atoms with van der Waals surface area (Å²) < 4.78 is 36.4. The summed E-state index contributed by atoms with van der Waals surface area (Å²) in [5.41, 5.74) is 0.587. The highest BCUT2D eigenvalue weighted by Gasteiger charge is 2.13. The molecule has 3 rings (SSSR count). The van der Waals surface area contributed by atoms with E-state index in [2.05, 4.69) is 15.1 Å². The van der Waals surface area contributed by atoms with Crippen LogP contribution in [0.25, 0.3) is 5.65 Å². The largest absolute Gasteiger partial charge is 0.482 e. The van der Waals surface area contributed by atoms with Crippen molar-refractivity contribution in [3.8, 4) is 17.5 Å². The standard InChI is InChI=1S/C14H9ClF2N4O3/c15-8-3-10(23-7-11(16)17)14(18-5-8)24-13-1-2-21-12(19-13)4-9(6-22)20-21/h1-6,11H,7H2. The first-order valence-electron chi connectivity index (χ1n) is 6.61. The van der Waals surface area contributed by atoms with Crippen LogP contribution in [0.5, 0.6) is 17.5 Å². The Morgan fingerprint density at radius 3 is 2.96 bits per heavy atom. The van der Waals surface area contributed by atoms with Crippen LogP contribution in [0.4, 0.5) is 8.78 Å². The SMILES string of the molecule is O=Cc1cc2nc(Oc3ncc(Cl)cc3OCC(F)F)ccn2n1. The fraction of sp³-hybridized carbons (Fsp3) is 0.143. The summed E-state index contributed by atoms with van der Waals surface area (Å²) in [5, 5.41) is 4.16. The summed E-state index contributed by atoms with van der Waals surface area (Å²) in [6.07, 6.45) is 0.750. The molecule has 0 N–H and O–H groups in total. The zero-order valence-electron chi connectivity index (χ0n) is 11.9. The van der Waals surface area contributed by atoms with Crippen LogP contribution in [0.3, 0.4) is 0 Å². The average molecular weight is 355 g/mol. The van der Waals surface area contributed by atoms with Gasteiger partial charge < -0.3 is 9.47 Å². The lowest BCUT2D eigenvalue weighted by Crippen LogP contribution is -2.08. The summed E-state index contributed by atoms with van der Waals surface area (Å²) >= 11 is 5.79. The Labute approximate surface area is 138 Å². The van der Waals surface area contributed by atoms with Crippen molar-refractivity contribution in [3.05, 3.63) is 41.3 Å². The van der Waals surface area contributed by atoms with Crippen molar-refractivity contribution in [2.24, 2.45) is 0 Å². The smallest absolute Gasteiger partial charge is 0.272 e. The summed E-state index contributed by atoms with van der Waals surface area (Å²) in [4.78, 5) is 18.8. The van der Waals surface area contributed by atoms with Gasteiger partial charge in [0, 0.05) is 30.6 Å². The van der Waals surface area contributed by atoms with Gasteiger partial charge in [-0.15, -0.1) is 0 Å². The van der Waals surface area contributed by atoms with Crippen LogP contribution in [0, 0.1) is 0 Å². The topological polar surface area (TPSA) is 78.6 Å². The third-order valence-electron chi connectivity index (χ3n) is 2.79. The molecule has 10 heteroatoms. The highest BCUT2D eigenvalue weighted by atomic mass is 35.5. The number of fused-ring (bicyclic) bond motifs is 1. The zero-order valence-corrected chi connectivity index (χ0v) is 12.7. The van der Waals surface area contributed by atoms with Gasteiger partial charge in [0.1, 0.15) is 12.3 Å². The van der Waals surface area contributed by atoms with Crippen molar-refractivity contribution >= 4 is 23.5 Å². The average Bonchev–Trinajstić information content (AvgIpc) is 2.97. The second kappa shape index (κ2) is 6.75. The number of carbonyl (C=O) groups is 1. The third-order valence-corrected chi connectivity index (χ3v) is 3.00. The maximum Gasteiger partial charge on any atom is 0.272 e. The van der Waals surface area contributed by atoms with E-state index in [0.29, 0.717) is 11.9 Å². The molecule has 24 heavy (non-hydrogen) atoms. The minimum Gasteiger partial charge on any atom is -0.482 e. The number of alkyl halides is 2. The fourth-order valence-electron chi connectivity index (χ4n) is 1.84. The van der Waals surface area contributed by atoms with Crippen molar-refractivity contribution in [2.45, 2.75) is 6.43 Å². The molecule has 0 aromatic carbocycles. The molecule has 0 aliphatic rings. The first-order valence-corrected chi connectivity index (χ1v) is 6.99. The maximum atomic E-state index is 12.3. The first-order chi connectivity index (χ1) is 11.5. The van der Waals surface area contributed by atoms with Gasteiger partial charge in [0.25, 0.3) is 12.3 Å². The zero-order chi connectivity index (χ0) is 17.1. The van der Waals surface area contributed by atoms with Crippen molar-refractivity contribution in [3.63, 3.8) is 0 Å². The van der Waals surface area contributed by atoms with E-state index >= 15 is 0 Å². The summed E-state index contributed by atoms with van der Waals surface area (Å²) in [7, 11) is 0. The van der Waals surface area contributed by atoms with E-state index in [-0.39, 0.29) is 28.2 Å². The van der Waals surface area contributed by atoms with Gasteiger partial charge in [-0.2, -0.15) is 10.1 Å². The Balaban J connectivity index is 1.88. The van der Waals surface area contributed by atoms with Crippen LogP contribution in [0.2, 0.25) is 5.02 Å². The van der Waals surface area contributed by atoms with Crippen LogP contribution in [0.1, 0.15) is 10.5 Å². The number of rotatable bonds is 6. The van der Waals surface area contributed by atoms with E-state index in [1.54, 1.807) is 0 Å². The molecular formula is C14H9ClF2N4O3. The molecule has 0 unspecified atom stereocenters. The van der Waals surface area contributed by atoms with E-state index in [4.69, 9.17) is 21.1 Å². The van der Waals surface area contributed by atoms with E-state index in [1.165, 1.54) is 35.1 Å². The van der Waals surface area contributed by atoms with Gasteiger partial charge in [0.2, 0.25) is 5.88 Å². The first kappa shape index (κ1) is 16.1. The van der Waals surface area contributed by atoms with Crippen molar-refractivity contribution in [1.29, 1.82) is 0 Å². The van der Waals surface area contributed by atoms with Crippen LogP contribution in [0.15, 0.2) is 30.6 Å². The Hall–Kier alpha value is -2.81. The molecule has 0 aliphatic heterocycles. The van der Waals surface area contributed by atoms with E-state index in [0.717, 1.165) is 0 Å². The van der Waals surface area contributed by atoms with Crippen molar-refractivity contribution in [2.75, 3.05) is 6.61 Å². The highest BCUT2D eigenvalue weighted by Crippen LogP contribution is 2.31. The quantitative estimate of drug-likeness (QED) is 0.633. The molecule has 0 fully saturated rings. The summed E-state index contributed by atoms with van der Waals surface area (Å²) in [6.45, 7) is -0.823. The summed E-state index contributed by atoms with van der Waals surface area (Å²) in [6, 6.07) is 4.25. The number of ether oxygens (including phenoxy) is 2. The third kappa shape index (κ3) is 3.57. The molecule has 124 valence electrons. The van der Waals surface area contributed by atoms with Gasteiger partial charge >= 0.3 is 0 Å². The van der Waals surface area contributed by atoms with E-state index in [9.17, 15) is 13.6 Å². The number of carbonyl (C=O) groups excluding carboxylic acids is 1. The number of nitrogens with zero attached hydrogens (tertiary/aromatic N) is 4. The van der Waals surface area contributed by atoms with Gasteiger partial charge in [-0.1, -0.05) is 11.6 Å². The van der Waals surface area contributed by atoms with Gasteiger partial charge in [0.15, 0.2) is 17.7 Å². The van der Waals surface area contributed by atoms with Gasteiger partial charge in [-0.05, 0) is 0 Å². The minimum atomic E-state index is -2.65. The molecule has 0 radical (unpaired) electrons. The fourth-order valence-corrected chi connectivity index (χ4v) is 1.98. The Morgan fingerprint density at radius 1 is 1.38 bits per heavy atom. The Kier molecular flexibility index (Phi) is 4.52. The number of pyridine rings is 1. The predicted molar refractivity (Wildman–Crippen MR) is 79.2 cm³/mol. The molecule has 0 amide bonds. The van der Waals surface area contributed by atoms with Gasteiger partial charge in [-0.3, -0.25) is 4.79 Å². The number of aromatic nitrogens is 4. The number of hydrogen-bond acceptors (Lipinski definition) is 6. The van der Waals surface area contributed by atoms with E-state index in [1.807, 2.05) is 0 Å². The molecule has 0 bridgehead atoms. The molecule has 0 atom stereocenters. The normalized spacial score (nSPS) is 11.0. The van der Waals surface area contributed by atoms with E-state index < -0.39 is 13.0 Å². The Bertz CT molecular complexity index is 888. The molecule has 0 saturated carbocycles. The van der Waals surface area contributed by atoms with Crippen LogP contribution >= 0.6 is 11.6 Å². The second-order valence-corrected chi connectivity index (χ2v) is 4.95. The van der Waals surface area contributed by atoms with Crippen molar-refractivity contribution < 1.29 is 23.0 Å². The molecular weight excluding hydrogens is 346 g/mol. The van der Waals surface area contributed by atoms with Gasteiger partial charge in [0.05, 0.1) is 5.02 Å². The van der Waals surface area contributed by atoms with Crippen LogP contribution in [-0.4, -0.2) is 38.9 Å². The highest BCUT2D eigenvalue weighted by molar-refractivity contribution is 6.30. The number of aldehydes is 1. The predicted octanol–water partition coefficient (Wildman–Crippen LogP) is 3.03. The minimum absolute atomic E-state index is 0.0356. The molecule has 0 aliphatic carbocycles. The lowest BCUT2D eigenvalue weighted by molar-refractivity contribution is 0.0804. The molecule has 0 saturated heterocycles. The Morgan fingerprint density at radius 2 is 2.21 bits per heavy atom. The lowest BCUT2D eigenvalue weighted by atomic mass is 10.4. The molecule has 0 spiro atoms. The second-order valence-electron chi connectivity index (χ2n) is 4.52. The van der Waals surface area contributed by atoms with Crippen LogP contribution in [-0.2, 0) is 0 Å². The number of halogens is 3. The van der Waals surface area contributed by atoms with Crippen LogP contribution < -0.4 is 9.47 Å². The lowest BCUT2D eigenvalue weighted by Gasteiger charge is -2.11. The number of hydrogen-bond donors (Lipinski definition) is 0. The molecule has 7 nitrogen and oxygen atoms in total. The maximum absolute atomic E-state index is 12.3. The monoisotopic (exact) mass is 354 g/mol. The molecule has 3 heterocycles. The molecule has 3 aromatic rings. The summed E-state index contributed by atoms with van der Waals surface area (Å²) in [5.74, 6) is 0.0233. The van der Waals surface area contributed by atoms with Crippen molar-refractivity contribution in [1.82, 2.24) is 19.6 Å². The van der Waals surface area contributed by atoms with Gasteiger partial charge in [-0.25, -0.2) is 18.3 Å². The molecule has 3 aromatic heterocycles.